The number of carbonyl (C=O) groups excluding carboxylic acids is 1. The zero-order valence-electron chi connectivity index (χ0n) is 10.8. The van der Waals surface area contributed by atoms with Gasteiger partial charge in [0.1, 0.15) is 0 Å². The minimum atomic E-state index is -0.873. The van der Waals surface area contributed by atoms with E-state index < -0.39 is 5.97 Å². The Hall–Kier alpha value is -1.07. The summed E-state index contributed by atoms with van der Waals surface area (Å²) in [5, 5.41) is 9.44. The first-order valence-corrected chi connectivity index (χ1v) is 7.63. The van der Waals surface area contributed by atoms with Gasteiger partial charge in [-0.1, -0.05) is 27.5 Å². The number of piperidine rings is 1. The van der Waals surface area contributed by atoms with Gasteiger partial charge in [-0.05, 0) is 37.5 Å². The van der Waals surface area contributed by atoms with Crippen LogP contribution in [0.3, 0.4) is 0 Å². The molecule has 1 N–H and O–H groups in total. The van der Waals surface area contributed by atoms with Crippen LogP contribution < -0.4 is 0 Å². The molecule has 1 atom stereocenters. The molecule has 1 aliphatic rings. The van der Waals surface area contributed by atoms with Crippen LogP contribution in [0.2, 0.25) is 5.02 Å². The summed E-state index contributed by atoms with van der Waals surface area (Å²) in [6.07, 6.45) is 2.60. The maximum Gasteiger partial charge on any atom is 0.305 e. The first kappa shape index (κ1) is 15.3. The van der Waals surface area contributed by atoms with Gasteiger partial charge in [-0.15, -0.1) is 0 Å². The highest BCUT2D eigenvalue weighted by molar-refractivity contribution is 9.10. The quantitative estimate of drug-likeness (QED) is 0.896. The zero-order chi connectivity index (χ0) is 14.7. The van der Waals surface area contributed by atoms with Gasteiger partial charge in [0.05, 0.1) is 6.42 Å². The van der Waals surface area contributed by atoms with Crippen molar-refractivity contribution in [2.75, 3.05) is 6.54 Å². The maximum absolute atomic E-state index is 12.5. The summed E-state index contributed by atoms with van der Waals surface area (Å²) >= 11 is 9.27. The lowest BCUT2D eigenvalue weighted by Gasteiger charge is -2.35. The Morgan fingerprint density at radius 1 is 1.35 bits per heavy atom. The molecule has 6 heteroatoms. The molecule has 1 saturated heterocycles. The second kappa shape index (κ2) is 6.59. The van der Waals surface area contributed by atoms with Crippen LogP contribution in [0.1, 0.15) is 36.0 Å². The summed E-state index contributed by atoms with van der Waals surface area (Å²) in [4.78, 5) is 25.1. The number of likely N-dealkylation sites (tertiary alicyclic amines) is 1. The number of benzene rings is 1. The number of aliphatic carboxylic acids is 1. The van der Waals surface area contributed by atoms with Gasteiger partial charge in [0, 0.05) is 27.6 Å². The van der Waals surface area contributed by atoms with E-state index in [0.29, 0.717) is 17.1 Å². The molecule has 2 rings (SSSR count). The van der Waals surface area contributed by atoms with E-state index >= 15 is 0 Å². The average molecular weight is 361 g/mol. The Morgan fingerprint density at radius 3 is 2.75 bits per heavy atom. The molecule has 0 radical (unpaired) electrons. The van der Waals surface area contributed by atoms with Gasteiger partial charge in [-0.3, -0.25) is 9.59 Å². The van der Waals surface area contributed by atoms with Gasteiger partial charge >= 0.3 is 5.97 Å². The van der Waals surface area contributed by atoms with Gasteiger partial charge < -0.3 is 10.0 Å². The van der Waals surface area contributed by atoms with Crippen LogP contribution in [0.4, 0.5) is 0 Å². The molecule has 20 heavy (non-hydrogen) atoms. The average Bonchev–Trinajstić information content (AvgIpc) is 2.36. The van der Waals surface area contributed by atoms with Crippen molar-refractivity contribution in [1.82, 2.24) is 4.90 Å². The lowest BCUT2D eigenvalue weighted by molar-refractivity contribution is -0.138. The Bertz CT molecular complexity index is 515. The highest BCUT2D eigenvalue weighted by Gasteiger charge is 2.29. The summed E-state index contributed by atoms with van der Waals surface area (Å²) in [5.74, 6) is -1.03. The van der Waals surface area contributed by atoms with Gasteiger partial charge in [-0.2, -0.15) is 0 Å². The van der Waals surface area contributed by atoms with Crippen molar-refractivity contribution in [1.29, 1.82) is 0 Å². The van der Waals surface area contributed by atoms with Gasteiger partial charge in [-0.25, -0.2) is 0 Å². The van der Waals surface area contributed by atoms with Gasteiger partial charge in [0.2, 0.25) is 0 Å². The predicted octanol–water partition coefficient (Wildman–Crippen LogP) is 3.57. The standard InChI is InChI=1S/C14H15BrClNO3/c15-10-5-9(6-11(16)7-10)14(20)17-4-2-1-3-12(17)8-13(18)19/h5-7,12H,1-4,8H2,(H,18,19). The van der Waals surface area contributed by atoms with Crippen molar-refractivity contribution >= 4 is 39.4 Å². The van der Waals surface area contributed by atoms with Crippen LogP contribution in [0, 0.1) is 0 Å². The van der Waals surface area contributed by atoms with Crippen LogP contribution in [-0.2, 0) is 4.79 Å². The van der Waals surface area contributed by atoms with Crippen LogP contribution >= 0.6 is 27.5 Å². The van der Waals surface area contributed by atoms with E-state index in [0.717, 1.165) is 23.7 Å². The Kier molecular flexibility index (Phi) is 5.05. The molecular weight excluding hydrogens is 346 g/mol. The fourth-order valence-corrected chi connectivity index (χ4v) is 3.38. The van der Waals surface area contributed by atoms with Crippen LogP contribution in [0.25, 0.3) is 0 Å². The fourth-order valence-electron chi connectivity index (χ4n) is 2.52. The first-order chi connectivity index (χ1) is 9.47. The van der Waals surface area contributed by atoms with Crippen LogP contribution in [0.15, 0.2) is 22.7 Å². The zero-order valence-corrected chi connectivity index (χ0v) is 13.2. The van der Waals surface area contributed by atoms with E-state index in [1.165, 1.54) is 0 Å². The number of carbonyl (C=O) groups is 2. The van der Waals surface area contributed by atoms with E-state index in [1.54, 1.807) is 23.1 Å². The van der Waals surface area contributed by atoms with E-state index in [1.807, 2.05) is 0 Å². The van der Waals surface area contributed by atoms with Crippen LogP contribution in [0.5, 0.6) is 0 Å². The SMILES string of the molecule is O=C(O)CC1CCCCN1C(=O)c1cc(Cl)cc(Br)c1. The number of carboxylic acid groups (broad SMARTS) is 1. The lowest BCUT2D eigenvalue weighted by atomic mass is 9.98. The number of amides is 1. The molecule has 0 spiro atoms. The Balaban J connectivity index is 2.22. The molecule has 1 aromatic rings. The largest absolute Gasteiger partial charge is 0.481 e. The molecule has 4 nitrogen and oxygen atoms in total. The van der Waals surface area contributed by atoms with Crippen molar-refractivity contribution in [2.45, 2.75) is 31.7 Å². The Morgan fingerprint density at radius 2 is 2.10 bits per heavy atom. The lowest BCUT2D eigenvalue weighted by Crippen LogP contribution is -2.44. The second-order valence-electron chi connectivity index (χ2n) is 4.90. The molecule has 1 heterocycles. The summed E-state index contributed by atoms with van der Waals surface area (Å²) < 4.78 is 0.736. The van der Waals surface area contributed by atoms with Crippen LogP contribution in [-0.4, -0.2) is 34.5 Å². The molecule has 1 fully saturated rings. The molecule has 0 bridgehead atoms. The van der Waals surface area contributed by atoms with Crippen molar-refractivity contribution in [2.24, 2.45) is 0 Å². The number of halogens is 2. The number of nitrogens with zero attached hydrogens (tertiary/aromatic N) is 1. The predicted molar refractivity (Wildman–Crippen MR) is 80.1 cm³/mol. The molecule has 1 aromatic carbocycles. The second-order valence-corrected chi connectivity index (χ2v) is 6.26. The van der Waals surface area contributed by atoms with E-state index in [4.69, 9.17) is 16.7 Å². The van der Waals surface area contributed by atoms with E-state index in [2.05, 4.69) is 15.9 Å². The summed E-state index contributed by atoms with van der Waals surface area (Å²) in [7, 11) is 0. The van der Waals surface area contributed by atoms with Crippen molar-refractivity contribution < 1.29 is 14.7 Å². The minimum Gasteiger partial charge on any atom is -0.481 e. The van der Waals surface area contributed by atoms with E-state index in [9.17, 15) is 9.59 Å². The molecule has 1 aliphatic heterocycles. The molecule has 1 amide bonds. The maximum atomic E-state index is 12.5. The third-order valence-electron chi connectivity index (χ3n) is 3.41. The Labute approximate surface area is 130 Å². The molecule has 0 aromatic heterocycles. The monoisotopic (exact) mass is 359 g/mol. The first-order valence-electron chi connectivity index (χ1n) is 6.46. The number of hydrogen-bond donors (Lipinski definition) is 1. The van der Waals surface area contributed by atoms with Crippen molar-refractivity contribution in [3.63, 3.8) is 0 Å². The smallest absolute Gasteiger partial charge is 0.305 e. The summed E-state index contributed by atoms with van der Waals surface area (Å²) in [5.41, 5.74) is 0.488. The molecule has 0 saturated carbocycles. The van der Waals surface area contributed by atoms with E-state index in [-0.39, 0.29) is 18.4 Å². The fraction of sp³-hybridized carbons (Fsp3) is 0.429. The van der Waals surface area contributed by atoms with Gasteiger partial charge in [0.25, 0.3) is 5.91 Å². The number of hydrogen-bond acceptors (Lipinski definition) is 2. The molecule has 108 valence electrons. The highest BCUT2D eigenvalue weighted by atomic mass is 79.9. The third kappa shape index (κ3) is 3.73. The topological polar surface area (TPSA) is 57.6 Å². The highest BCUT2D eigenvalue weighted by Crippen LogP contribution is 2.25. The molecule has 0 aliphatic carbocycles. The van der Waals surface area contributed by atoms with Crippen molar-refractivity contribution in [3.05, 3.63) is 33.3 Å². The van der Waals surface area contributed by atoms with Gasteiger partial charge in [0.15, 0.2) is 0 Å². The minimum absolute atomic E-state index is 0.00647. The molecular formula is C14H15BrClNO3. The van der Waals surface area contributed by atoms with Crippen molar-refractivity contribution in [3.8, 4) is 0 Å². The number of rotatable bonds is 3. The summed E-state index contributed by atoms with van der Waals surface area (Å²) in [6.45, 7) is 0.598. The molecule has 1 unspecified atom stereocenters. The summed E-state index contributed by atoms with van der Waals surface area (Å²) in [6, 6.07) is 4.80. The number of carboxylic acids is 1. The third-order valence-corrected chi connectivity index (χ3v) is 4.08. The normalized spacial score (nSPS) is 18.9.